The number of fused-ring (bicyclic) bond motifs is 1. The topological polar surface area (TPSA) is 76.5 Å². The Bertz CT molecular complexity index is 1010. The van der Waals surface area contributed by atoms with Crippen LogP contribution in [0.25, 0.3) is 10.9 Å². The van der Waals surface area contributed by atoms with Crippen LogP contribution in [0.2, 0.25) is 0 Å². The molecule has 7 nitrogen and oxygen atoms in total. The first-order chi connectivity index (χ1) is 15.6. The van der Waals surface area contributed by atoms with Gasteiger partial charge in [-0.05, 0) is 25.0 Å². The van der Waals surface area contributed by atoms with Crippen molar-refractivity contribution in [1.82, 2.24) is 19.8 Å². The molecule has 0 radical (unpaired) electrons. The van der Waals surface area contributed by atoms with E-state index in [1.807, 2.05) is 18.2 Å². The average molecular weight is 457 g/mol. The van der Waals surface area contributed by atoms with E-state index in [4.69, 9.17) is 4.74 Å². The second-order valence-corrected chi connectivity index (χ2v) is 9.51. The van der Waals surface area contributed by atoms with E-state index in [0.29, 0.717) is 29.1 Å². The lowest BCUT2D eigenvalue weighted by Crippen LogP contribution is -2.59. The van der Waals surface area contributed by atoms with Crippen LogP contribution in [0, 0.1) is 0 Å². The summed E-state index contributed by atoms with van der Waals surface area (Å²) in [5, 5.41) is 4.31. The number of benzene rings is 1. The van der Waals surface area contributed by atoms with Gasteiger partial charge in [0.25, 0.3) is 5.56 Å². The van der Waals surface area contributed by atoms with Crippen molar-refractivity contribution in [2.24, 2.45) is 0 Å². The SMILES string of the molecule is C=CCn1c(SCC(=O)NCC2(N3CCOCC3)CCCCC2)nc2ccccc2c1=O. The molecule has 1 saturated heterocycles. The smallest absolute Gasteiger partial charge is 0.262 e. The number of hydrogen-bond donors (Lipinski definition) is 1. The number of carbonyl (C=O) groups is 1. The van der Waals surface area contributed by atoms with E-state index in [1.54, 1.807) is 16.7 Å². The zero-order valence-electron chi connectivity index (χ0n) is 18.6. The van der Waals surface area contributed by atoms with Gasteiger partial charge in [-0.3, -0.25) is 19.1 Å². The zero-order valence-corrected chi connectivity index (χ0v) is 19.4. The van der Waals surface area contributed by atoms with Crippen LogP contribution in [0.4, 0.5) is 0 Å². The lowest BCUT2D eigenvalue weighted by atomic mass is 9.79. The van der Waals surface area contributed by atoms with E-state index in [9.17, 15) is 9.59 Å². The van der Waals surface area contributed by atoms with Gasteiger partial charge < -0.3 is 10.1 Å². The summed E-state index contributed by atoms with van der Waals surface area (Å²) in [6.07, 6.45) is 7.59. The van der Waals surface area contributed by atoms with Crippen molar-refractivity contribution in [1.29, 1.82) is 0 Å². The van der Waals surface area contributed by atoms with Crippen LogP contribution in [-0.2, 0) is 16.1 Å². The van der Waals surface area contributed by atoms with Crippen LogP contribution in [-0.4, -0.2) is 64.5 Å². The lowest BCUT2D eigenvalue weighted by Gasteiger charge is -2.48. The first kappa shape index (κ1) is 23.0. The predicted molar refractivity (Wildman–Crippen MR) is 128 cm³/mol. The maximum atomic E-state index is 12.9. The molecule has 1 aromatic carbocycles. The first-order valence-corrected chi connectivity index (χ1v) is 12.4. The number of aromatic nitrogens is 2. The first-order valence-electron chi connectivity index (χ1n) is 11.5. The molecule has 1 N–H and O–H groups in total. The Hall–Kier alpha value is -2.16. The standard InChI is InChI=1S/C24H32N4O3S/c1-2-12-28-22(30)19-8-4-5-9-20(19)26-23(28)32-17-21(29)25-18-24(10-6-3-7-11-24)27-13-15-31-16-14-27/h2,4-5,8-9H,1,3,6-7,10-18H2,(H,25,29). The fraction of sp³-hybridized carbons (Fsp3) is 0.542. The van der Waals surface area contributed by atoms with Crippen molar-refractivity contribution in [3.63, 3.8) is 0 Å². The molecular formula is C24H32N4O3S. The highest BCUT2D eigenvalue weighted by Gasteiger charge is 2.38. The molecule has 0 spiro atoms. The van der Waals surface area contributed by atoms with Gasteiger partial charge in [0.15, 0.2) is 5.16 Å². The second kappa shape index (κ2) is 10.6. The van der Waals surface area contributed by atoms with Gasteiger partial charge in [0.05, 0.1) is 29.9 Å². The molecule has 0 unspecified atom stereocenters. The molecular weight excluding hydrogens is 424 g/mol. The number of allylic oxidation sites excluding steroid dienone is 1. The molecule has 8 heteroatoms. The number of rotatable bonds is 8. The number of thioether (sulfide) groups is 1. The number of ether oxygens (including phenoxy) is 1. The van der Waals surface area contributed by atoms with Crippen molar-refractivity contribution in [3.8, 4) is 0 Å². The summed E-state index contributed by atoms with van der Waals surface area (Å²) < 4.78 is 7.13. The fourth-order valence-electron chi connectivity index (χ4n) is 4.84. The van der Waals surface area contributed by atoms with Gasteiger partial charge in [0.2, 0.25) is 5.91 Å². The summed E-state index contributed by atoms with van der Waals surface area (Å²) in [4.78, 5) is 32.8. The normalized spacial score (nSPS) is 19.0. The highest BCUT2D eigenvalue weighted by molar-refractivity contribution is 7.99. The van der Waals surface area contributed by atoms with Crippen LogP contribution >= 0.6 is 11.8 Å². The minimum atomic E-state index is -0.105. The minimum absolute atomic E-state index is 0.0271. The molecule has 1 aliphatic carbocycles. The molecule has 0 atom stereocenters. The number of para-hydroxylation sites is 1. The second-order valence-electron chi connectivity index (χ2n) is 8.57. The molecule has 0 bridgehead atoms. The molecule has 172 valence electrons. The van der Waals surface area contributed by atoms with Gasteiger partial charge in [0.1, 0.15) is 0 Å². The summed E-state index contributed by atoms with van der Waals surface area (Å²) in [5.74, 6) is 0.196. The molecule has 1 aromatic heterocycles. The van der Waals surface area contributed by atoms with Gasteiger partial charge in [-0.2, -0.15) is 0 Å². The molecule has 2 aliphatic rings. The highest BCUT2D eigenvalue weighted by Crippen LogP contribution is 2.34. The number of nitrogens with one attached hydrogen (secondary N) is 1. The molecule has 4 rings (SSSR count). The fourth-order valence-corrected chi connectivity index (χ4v) is 5.68. The average Bonchev–Trinajstić information content (AvgIpc) is 2.84. The predicted octanol–water partition coefficient (Wildman–Crippen LogP) is 2.83. The Morgan fingerprint density at radius 3 is 2.72 bits per heavy atom. The van der Waals surface area contributed by atoms with Gasteiger partial charge in [0, 0.05) is 31.7 Å². The Labute approximate surface area is 193 Å². The third-order valence-electron chi connectivity index (χ3n) is 6.55. The van der Waals surface area contributed by atoms with Gasteiger partial charge in [-0.1, -0.05) is 49.2 Å². The van der Waals surface area contributed by atoms with E-state index in [1.165, 1.54) is 31.0 Å². The van der Waals surface area contributed by atoms with Gasteiger partial charge in [-0.15, -0.1) is 6.58 Å². The monoisotopic (exact) mass is 456 g/mol. The Morgan fingerprint density at radius 1 is 1.22 bits per heavy atom. The summed E-state index contributed by atoms with van der Waals surface area (Å²) in [7, 11) is 0. The van der Waals surface area contributed by atoms with Gasteiger partial charge in [-0.25, -0.2) is 4.98 Å². The van der Waals surface area contributed by atoms with Crippen LogP contribution in [0.15, 0.2) is 46.9 Å². The number of nitrogens with zero attached hydrogens (tertiary/aromatic N) is 3. The molecule has 1 aliphatic heterocycles. The number of morpholine rings is 1. The maximum absolute atomic E-state index is 12.9. The third-order valence-corrected chi connectivity index (χ3v) is 7.53. The van der Waals surface area contributed by atoms with Crippen LogP contribution < -0.4 is 10.9 Å². The van der Waals surface area contributed by atoms with E-state index >= 15 is 0 Å². The Kier molecular flexibility index (Phi) is 7.65. The van der Waals surface area contributed by atoms with Crippen molar-refractivity contribution in [3.05, 3.63) is 47.3 Å². The van der Waals surface area contributed by atoms with Crippen molar-refractivity contribution >= 4 is 28.6 Å². The lowest BCUT2D eigenvalue weighted by molar-refractivity contribution is -0.119. The molecule has 2 fully saturated rings. The number of hydrogen-bond acceptors (Lipinski definition) is 6. The van der Waals surface area contributed by atoms with Crippen molar-refractivity contribution in [2.45, 2.75) is 49.3 Å². The van der Waals surface area contributed by atoms with Crippen molar-refractivity contribution < 1.29 is 9.53 Å². The quantitative estimate of drug-likeness (QED) is 0.374. The van der Waals surface area contributed by atoms with E-state index < -0.39 is 0 Å². The van der Waals surface area contributed by atoms with Crippen LogP contribution in [0.1, 0.15) is 32.1 Å². The molecule has 1 saturated carbocycles. The number of carbonyl (C=O) groups excluding carboxylic acids is 1. The summed E-state index contributed by atoms with van der Waals surface area (Å²) in [6.45, 7) is 8.17. The molecule has 1 amide bonds. The third kappa shape index (κ3) is 5.08. The molecule has 2 aromatic rings. The van der Waals surface area contributed by atoms with Crippen molar-refractivity contribution in [2.75, 3.05) is 38.6 Å². The largest absolute Gasteiger partial charge is 0.379 e. The summed E-state index contributed by atoms with van der Waals surface area (Å²) in [5.41, 5.74) is 0.579. The number of amides is 1. The molecule has 32 heavy (non-hydrogen) atoms. The molecule has 2 heterocycles. The Morgan fingerprint density at radius 2 is 1.97 bits per heavy atom. The highest BCUT2D eigenvalue weighted by atomic mass is 32.2. The summed E-state index contributed by atoms with van der Waals surface area (Å²) in [6, 6.07) is 7.30. The Balaban J connectivity index is 1.43. The van der Waals surface area contributed by atoms with E-state index in [-0.39, 0.29) is 22.8 Å². The van der Waals surface area contributed by atoms with E-state index in [0.717, 1.165) is 39.1 Å². The van der Waals surface area contributed by atoms with Crippen LogP contribution in [0.5, 0.6) is 0 Å². The minimum Gasteiger partial charge on any atom is -0.379 e. The summed E-state index contributed by atoms with van der Waals surface area (Å²) >= 11 is 1.30. The van der Waals surface area contributed by atoms with Gasteiger partial charge >= 0.3 is 0 Å². The maximum Gasteiger partial charge on any atom is 0.262 e. The zero-order chi connectivity index (χ0) is 22.4. The van der Waals surface area contributed by atoms with Crippen LogP contribution in [0.3, 0.4) is 0 Å². The van der Waals surface area contributed by atoms with E-state index in [2.05, 4.69) is 21.8 Å².